The maximum atomic E-state index is 9.58. The van der Waals surface area contributed by atoms with E-state index in [1.54, 1.807) is 18.4 Å². The highest BCUT2D eigenvalue weighted by Gasteiger charge is 2.22. The second kappa shape index (κ2) is 4.32. The fourth-order valence-electron chi connectivity index (χ4n) is 2.09. The van der Waals surface area contributed by atoms with Gasteiger partial charge in [0.15, 0.2) is 5.06 Å². The van der Waals surface area contributed by atoms with Crippen molar-refractivity contribution in [2.24, 2.45) is 0 Å². The van der Waals surface area contributed by atoms with Gasteiger partial charge in [0, 0.05) is 4.88 Å². The summed E-state index contributed by atoms with van der Waals surface area (Å²) in [6.07, 6.45) is 4.15. The van der Waals surface area contributed by atoms with Crippen LogP contribution in [0.1, 0.15) is 36.5 Å². The molecule has 14 heavy (non-hydrogen) atoms. The maximum Gasteiger partial charge on any atom is 0.173 e. The number of methoxy groups -OCH3 is 1. The van der Waals surface area contributed by atoms with Crippen molar-refractivity contribution < 1.29 is 9.84 Å². The highest BCUT2D eigenvalue weighted by molar-refractivity contribution is 7.13. The summed E-state index contributed by atoms with van der Waals surface area (Å²) in [5.41, 5.74) is 0. The number of aliphatic hydroxyl groups is 1. The first-order chi connectivity index (χ1) is 6.79. The molecule has 0 radical (unpaired) electrons. The predicted molar refractivity (Wildman–Crippen MR) is 58.1 cm³/mol. The number of hydrogen-bond donors (Lipinski definition) is 1. The van der Waals surface area contributed by atoms with Gasteiger partial charge in [-0.2, -0.15) is 0 Å². The summed E-state index contributed by atoms with van der Waals surface area (Å²) in [6, 6.07) is 4.15. The van der Waals surface area contributed by atoms with Crippen LogP contribution in [0, 0.1) is 0 Å². The molecule has 2 unspecified atom stereocenters. The molecule has 1 N–H and O–H groups in total. The van der Waals surface area contributed by atoms with Gasteiger partial charge in [-0.15, -0.1) is 11.3 Å². The highest BCUT2D eigenvalue weighted by Crippen LogP contribution is 2.38. The third kappa shape index (κ3) is 2.10. The van der Waals surface area contributed by atoms with Crippen molar-refractivity contribution in [3.05, 3.63) is 17.0 Å². The molecule has 0 aliphatic heterocycles. The van der Waals surface area contributed by atoms with Gasteiger partial charge >= 0.3 is 0 Å². The lowest BCUT2D eigenvalue weighted by atomic mass is 9.86. The zero-order valence-corrected chi connectivity index (χ0v) is 9.22. The van der Waals surface area contributed by atoms with E-state index in [1.165, 1.54) is 11.3 Å². The first kappa shape index (κ1) is 9.99. The van der Waals surface area contributed by atoms with Gasteiger partial charge in [-0.25, -0.2) is 0 Å². The van der Waals surface area contributed by atoms with E-state index < -0.39 is 0 Å². The summed E-state index contributed by atoms with van der Waals surface area (Å²) < 4.78 is 5.17. The average Bonchev–Trinajstić information content (AvgIpc) is 2.66. The highest BCUT2D eigenvalue weighted by atomic mass is 32.1. The number of aliphatic hydroxyl groups excluding tert-OH is 1. The minimum Gasteiger partial charge on any atom is -0.487 e. The number of hydrogen-bond acceptors (Lipinski definition) is 3. The lowest BCUT2D eigenvalue weighted by Crippen LogP contribution is -2.17. The zero-order chi connectivity index (χ0) is 9.97. The SMILES string of the molecule is COc1ccc(C2CCCC(O)C2)s1. The second-order valence-electron chi connectivity index (χ2n) is 3.88. The summed E-state index contributed by atoms with van der Waals surface area (Å²) in [4.78, 5) is 1.36. The van der Waals surface area contributed by atoms with Crippen LogP contribution in [0.4, 0.5) is 0 Å². The van der Waals surface area contributed by atoms with Crippen LogP contribution in [0.25, 0.3) is 0 Å². The topological polar surface area (TPSA) is 29.5 Å². The third-order valence-corrected chi connectivity index (χ3v) is 4.06. The monoisotopic (exact) mass is 212 g/mol. The molecule has 1 aromatic rings. The molecule has 2 atom stereocenters. The van der Waals surface area contributed by atoms with Crippen LogP contribution in [-0.4, -0.2) is 18.3 Å². The Hall–Kier alpha value is -0.540. The normalized spacial score (nSPS) is 27.6. The Balaban J connectivity index is 2.06. The zero-order valence-electron chi connectivity index (χ0n) is 8.40. The Labute approximate surface area is 88.5 Å². The fraction of sp³-hybridized carbons (Fsp3) is 0.636. The first-order valence-electron chi connectivity index (χ1n) is 5.11. The van der Waals surface area contributed by atoms with E-state index in [2.05, 4.69) is 6.07 Å². The molecule has 0 spiro atoms. The summed E-state index contributed by atoms with van der Waals surface area (Å²) >= 11 is 1.71. The summed E-state index contributed by atoms with van der Waals surface area (Å²) in [7, 11) is 1.70. The molecule has 2 rings (SSSR count). The molecule has 1 saturated carbocycles. The fourth-order valence-corrected chi connectivity index (χ4v) is 3.05. The maximum absolute atomic E-state index is 9.58. The van der Waals surface area contributed by atoms with Crippen molar-refractivity contribution in [3.8, 4) is 5.06 Å². The van der Waals surface area contributed by atoms with E-state index in [4.69, 9.17) is 4.74 Å². The van der Waals surface area contributed by atoms with Gasteiger partial charge < -0.3 is 9.84 Å². The lowest BCUT2D eigenvalue weighted by molar-refractivity contribution is 0.120. The molecule has 0 saturated heterocycles. The molecule has 2 nitrogen and oxygen atoms in total. The van der Waals surface area contributed by atoms with E-state index in [9.17, 15) is 5.11 Å². The van der Waals surface area contributed by atoms with E-state index in [1.807, 2.05) is 6.07 Å². The van der Waals surface area contributed by atoms with Gasteiger partial charge in [-0.3, -0.25) is 0 Å². The standard InChI is InChI=1S/C11H16O2S/c1-13-11-6-5-10(14-11)8-3-2-4-9(12)7-8/h5-6,8-9,12H,2-4,7H2,1H3. The van der Waals surface area contributed by atoms with Gasteiger partial charge in [0.05, 0.1) is 13.2 Å². The van der Waals surface area contributed by atoms with E-state index in [-0.39, 0.29) is 6.10 Å². The van der Waals surface area contributed by atoms with Crippen molar-refractivity contribution >= 4 is 11.3 Å². The van der Waals surface area contributed by atoms with Crippen LogP contribution in [-0.2, 0) is 0 Å². The molecule has 0 aromatic carbocycles. The quantitative estimate of drug-likeness (QED) is 0.816. The van der Waals surface area contributed by atoms with Crippen LogP contribution >= 0.6 is 11.3 Å². The van der Waals surface area contributed by atoms with E-state index >= 15 is 0 Å². The predicted octanol–water partition coefficient (Wildman–Crippen LogP) is 2.78. The second-order valence-corrected chi connectivity index (χ2v) is 4.96. The van der Waals surface area contributed by atoms with E-state index in [0.717, 1.165) is 24.3 Å². The molecule has 1 aliphatic carbocycles. The van der Waals surface area contributed by atoms with Gasteiger partial charge in [0.1, 0.15) is 0 Å². The molecule has 0 bridgehead atoms. The molecule has 1 fully saturated rings. The lowest BCUT2D eigenvalue weighted by Gasteiger charge is -2.24. The van der Waals surface area contributed by atoms with Crippen LogP contribution in [0.2, 0.25) is 0 Å². The minimum absolute atomic E-state index is 0.0955. The van der Waals surface area contributed by atoms with E-state index in [0.29, 0.717) is 5.92 Å². The Bertz CT molecular complexity index is 295. The molecule has 0 amide bonds. The molecular formula is C11H16O2S. The third-order valence-electron chi connectivity index (χ3n) is 2.85. The number of ether oxygens (including phenoxy) is 1. The molecule has 1 heterocycles. The minimum atomic E-state index is -0.0955. The molecule has 78 valence electrons. The molecule has 1 aliphatic rings. The van der Waals surface area contributed by atoms with Crippen molar-refractivity contribution in [3.63, 3.8) is 0 Å². The van der Waals surface area contributed by atoms with Gasteiger partial charge in [-0.05, 0) is 37.3 Å². The van der Waals surface area contributed by atoms with Crippen LogP contribution in [0.15, 0.2) is 12.1 Å². The van der Waals surface area contributed by atoms with Crippen LogP contribution in [0.5, 0.6) is 5.06 Å². The van der Waals surface area contributed by atoms with Crippen molar-refractivity contribution in [1.82, 2.24) is 0 Å². The molecular weight excluding hydrogens is 196 g/mol. The van der Waals surface area contributed by atoms with Gasteiger partial charge in [0.2, 0.25) is 0 Å². The Kier molecular flexibility index (Phi) is 3.08. The van der Waals surface area contributed by atoms with Crippen molar-refractivity contribution in [1.29, 1.82) is 0 Å². The Morgan fingerprint density at radius 2 is 2.29 bits per heavy atom. The van der Waals surface area contributed by atoms with Crippen LogP contribution < -0.4 is 4.74 Å². The first-order valence-corrected chi connectivity index (χ1v) is 5.93. The summed E-state index contributed by atoms with van der Waals surface area (Å²) in [5, 5.41) is 10.6. The number of rotatable bonds is 2. The Morgan fingerprint density at radius 3 is 2.93 bits per heavy atom. The molecule has 3 heteroatoms. The summed E-state index contributed by atoms with van der Waals surface area (Å²) in [5.74, 6) is 0.549. The van der Waals surface area contributed by atoms with Crippen LogP contribution in [0.3, 0.4) is 0 Å². The Morgan fingerprint density at radius 1 is 1.43 bits per heavy atom. The van der Waals surface area contributed by atoms with Crippen molar-refractivity contribution in [2.75, 3.05) is 7.11 Å². The van der Waals surface area contributed by atoms with Gasteiger partial charge in [0.25, 0.3) is 0 Å². The summed E-state index contributed by atoms with van der Waals surface area (Å²) in [6.45, 7) is 0. The smallest absolute Gasteiger partial charge is 0.173 e. The van der Waals surface area contributed by atoms with Crippen molar-refractivity contribution in [2.45, 2.75) is 37.7 Å². The van der Waals surface area contributed by atoms with Gasteiger partial charge in [-0.1, -0.05) is 6.42 Å². The molecule has 1 aromatic heterocycles. The average molecular weight is 212 g/mol. The number of thiophene rings is 1. The largest absolute Gasteiger partial charge is 0.487 e.